The summed E-state index contributed by atoms with van der Waals surface area (Å²) in [4.78, 5) is 0. The normalized spacial score (nSPS) is 12.6. The van der Waals surface area contributed by atoms with Gasteiger partial charge in [0.05, 0.1) is 0 Å². The van der Waals surface area contributed by atoms with Gasteiger partial charge in [0.25, 0.3) is 0 Å². The molecular weight excluding hydrogens is 170 g/mol. The molecule has 0 unspecified atom stereocenters. The number of nitrogen functional groups attached to an aromatic ring is 1. The summed E-state index contributed by atoms with van der Waals surface area (Å²) in [6, 6.07) is 6.09. The van der Waals surface area contributed by atoms with Crippen LogP contribution in [0.15, 0.2) is 23.8 Å². The van der Waals surface area contributed by atoms with Gasteiger partial charge in [-0.1, -0.05) is 18.6 Å². The van der Waals surface area contributed by atoms with Crippen molar-refractivity contribution in [2.24, 2.45) is 0 Å². The molecule has 0 aliphatic carbocycles. The van der Waals surface area contributed by atoms with Crippen LogP contribution in [0, 0.1) is 6.92 Å². The molecule has 0 aromatic heterocycles. The van der Waals surface area contributed by atoms with E-state index in [0.29, 0.717) is 0 Å². The second kappa shape index (κ2) is 4.32. The SMILES string of the molecule is CC/C(C)=C(/C)c1cc(N)ccc1C. The second-order valence-corrected chi connectivity index (χ2v) is 3.83. The van der Waals surface area contributed by atoms with Crippen molar-refractivity contribution in [1.82, 2.24) is 0 Å². The molecule has 1 heteroatoms. The Morgan fingerprint density at radius 3 is 2.50 bits per heavy atom. The third-order valence-electron chi connectivity index (χ3n) is 2.84. The van der Waals surface area contributed by atoms with Gasteiger partial charge in [-0.3, -0.25) is 0 Å². The maximum absolute atomic E-state index is 5.78. The molecule has 0 saturated carbocycles. The fraction of sp³-hybridized carbons (Fsp3) is 0.385. The first-order chi connectivity index (χ1) is 6.56. The molecule has 0 atom stereocenters. The fourth-order valence-corrected chi connectivity index (χ4v) is 1.54. The summed E-state index contributed by atoms with van der Waals surface area (Å²) < 4.78 is 0. The van der Waals surface area contributed by atoms with E-state index in [2.05, 4.69) is 39.8 Å². The summed E-state index contributed by atoms with van der Waals surface area (Å²) in [5, 5.41) is 0. The third-order valence-corrected chi connectivity index (χ3v) is 2.84. The monoisotopic (exact) mass is 189 g/mol. The van der Waals surface area contributed by atoms with E-state index in [1.807, 2.05) is 6.07 Å². The van der Waals surface area contributed by atoms with Gasteiger partial charge in [0.2, 0.25) is 0 Å². The molecular formula is C13H19N. The van der Waals surface area contributed by atoms with E-state index in [1.165, 1.54) is 22.3 Å². The lowest BCUT2D eigenvalue weighted by molar-refractivity contribution is 1.10. The van der Waals surface area contributed by atoms with Gasteiger partial charge in [-0.2, -0.15) is 0 Å². The zero-order valence-corrected chi connectivity index (χ0v) is 9.52. The Hall–Kier alpha value is -1.24. The molecule has 0 aliphatic heterocycles. The van der Waals surface area contributed by atoms with Gasteiger partial charge < -0.3 is 5.73 Å². The molecule has 0 heterocycles. The number of hydrogen-bond donors (Lipinski definition) is 1. The molecule has 1 rings (SSSR count). The van der Waals surface area contributed by atoms with E-state index >= 15 is 0 Å². The second-order valence-electron chi connectivity index (χ2n) is 3.83. The predicted octanol–water partition coefficient (Wildman–Crippen LogP) is 3.78. The van der Waals surface area contributed by atoms with Crippen molar-refractivity contribution < 1.29 is 0 Å². The largest absolute Gasteiger partial charge is 0.399 e. The van der Waals surface area contributed by atoms with Crippen LogP contribution in [0.3, 0.4) is 0 Å². The van der Waals surface area contributed by atoms with E-state index < -0.39 is 0 Å². The van der Waals surface area contributed by atoms with Gasteiger partial charge in [0, 0.05) is 5.69 Å². The number of hydrogen-bond acceptors (Lipinski definition) is 1. The Balaban J connectivity index is 3.25. The first kappa shape index (κ1) is 10.8. The minimum atomic E-state index is 0.842. The van der Waals surface area contributed by atoms with Crippen LogP contribution < -0.4 is 5.73 Å². The van der Waals surface area contributed by atoms with E-state index in [0.717, 1.165) is 12.1 Å². The quantitative estimate of drug-likeness (QED) is 0.704. The van der Waals surface area contributed by atoms with Crippen LogP contribution in [-0.4, -0.2) is 0 Å². The molecule has 0 amide bonds. The van der Waals surface area contributed by atoms with Gasteiger partial charge in [-0.15, -0.1) is 0 Å². The highest BCUT2D eigenvalue weighted by Gasteiger charge is 2.03. The minimum Gasteiger partial charge on any atom is -0.399 e. The van der Waals surface area contributed by atoms with E-state index in [9.17, 15) is 0 Å². The van der Waals surface area contributed by atoms with Crippen molar-refractivity contribution in [2.45, 2.75) is 34.1 Å². The summed E-state index contributed by atoms with van der Waals surface area (Å²) >= 11 is 0. The molecule has 0 bridgehead atoms. The van der Waals surface area contributed by atoms with Crippen LogP contribution in [0.1, 0.15) is 38.3 Å². The van der Waals surface area contributed by atoms with Crippen molar-refractivity contribution in [2.75, 3.05) is 5.73 Å². The summed E-state index contributed by atoms with van der Waals surface area (Å²) in [5.74, 6) is 0. The van der Waals surface area contributed by atoms with Crippen LogP contribution in [0.5, 0.6) is 0 Å². The van der Waals surface area contributed by atoms with E-state index in [1.54, 1.807) is 0 Å². The standard InChI is InChI=1S/C13H19N/c1-5-9(2)11(4)13-8-12(14)7-6-10(13)3/h6-8H,5,14H2,1-4H3/b11-9-. The summed E-state index contributed by atoms with van der Waals surface area (Å²) in [7, 11) is 0. The topological polar surface area (TPSA) is 26.0 Å². The smallest absolute Gasteiger partial charge is 0.0320 e. The molecule has 1 nitrogen and oxygen atoms in total. The molecule has 0 aliphatic rings. The molecule has 0 radical (unpaired) electrons. The van der Waals surface area contributed by atoms with Gasteiger partial charge in [0.15, 0.2) is 0 Å². The number of benzene rings is 1. The van der Waals surface area contributed by atoms with Crippen molar-refractivity contribution >= 4 is 11.3 Å². The first-order valence-electron chi connectivity index (χ1n) is 5.09. The number of allylic oxidation sites excluding steroid dienone is 2. The van der Waals surface area contributed by atoms with Crippen molar-refractivity contribution in [3.8, 4) is 0 Å². The molecule has 0 saturated heterocycles. The highest BCUT2D eigenvalue weighted by molar-refractivity contribution is 5.71. The van der Waals surface area contributed by atoms with Crippen LogP contribution in [0.4, 0.5) is 5.69 Å². The average Bonchev–Trinajstić information content (AvgIpc) is 2.19. The van der Waals surface area contributed by atoms with E-state index in [-0.39, 0.29) is 0 Å². The van der Waals surface area contributed by atoms with Crippen molar-refractivity contribution in [3.63, 3.8) is 0 Å². The van der Waals surface area contributed by atoms with Crippen LogP contribution in [0.25, 0.3) is 5.57 Å². The van der Waals surface area contributed by atoms with Crippen LogP contribution in [-0.2, 0) is 0 Å². The molecule has 76 valence electrons. The summed E-state index contributed by atoms with van der Waals surface area (Å²) in [5.41, 5.74) is 12.0. The third kappa shape index (κ3) is 2.16. The Bertz CT molecular complexity index is 361. The average molecular weight is 189 g/mol. The molecule has 0 spiro atoms. The molecule has 0 fully saturated rings. The van der Waals surface area contributed by atoms with Gasteiger partial charge in [-0.25, -0.2) is 0 Å². The lowest BCUT2D eigenvalue weighted by Gasteiger charge is -2.10. The fourth-order valence-electron chi connectivity index (χ4n) is 1.54. The molecule has 2 N–H and O–H groups in total. The van der Waals surface area contributed by atoms with E-state index in [4.69, 9.17) is 5.73 Å². The lowest BCUT2D eigenvalue weighted by Crippen LogP contribution is -1.92. The maximum atomic E-state index is 5.78. The zero-order chi connectivity index (χ0) is 10.7. The number of anilines is 1. The maximum Gasteiger partial charge on any atom is 0.0320 e. The van der Waals surface area contributed by atoms with Crippen molar-refractivity contribution in [3.05, 3.63) is 34.9 Å². The highest BCUT2D eigenvalue weighted by Crippen LogP contribution is 2.24. The lowest BCUT2D eigenvalue weighted by atomic mass is 9.96. The first-order valence-corrected chi connectivity index (χ1v) is 5.09. The number of nitrogens with two attached hydrogens (primary N) is 1. The molecule has 1 aromatic rings. The Labute approximate surface area is 86.6 Å². The number of rotatable bonds is 2. The van der Waals surface area contributed by atoms with Crippen molar-refractivity contribution in [1.29, 1.82) is 0 Å². The zero-order valence-electron chi connectivity index (χ0n) is 9.52. The summed E-state index contributed by atoms with van der Waals surface area (Å²) in [6.45, 7) is 8.65. The van der Waals surface area contributed by atoms with Gasteiger partial charge >= 0.3 is 0 Å². The summed E-state index contributed by atoms with van der Waals surface area (Å²) in [6.07, 6.45) is 1.10. The van der Waals surface area contributed by atoms with Gasteiger partial charge in [-0.05, 0) is 56.0 Å². The van der Waals surface area contributed by atoms with Crippen LogP contribution in [0.2, 0.25) is 0 Å². The minimum absolute atomic E-state index is 0.842. The molecule has 14 heavy (non-hydrogen) atoms. The Morgan fingerprint density at radius 2 is 1.93 bits per heavy atom. The van der Waals surface area contributed by atoms with Gasteiger partial charge in [0.1, 0.15) is 0 Å². The van der Waals surface area contributed by atoms with Crippen LogP contribution >= 0.6 is 0 Å². The number of aryl methyl sites for hydroxylation is 1. The Morgan fingerprint density at radius 1 is 1.29 bits per heavy atom. The Kier molecular flexibility index (Phi) is 3.34. The predicted molar refractivity (Wildman–Crippen MR) is 64.2 cm³/mol. The highest BCUT2D eigenvalue weighted by atomic mass is 14.5. The molecule has 1 aromatic carbocycles.